The summed E-state index contributed by atoms with van der Waals surface area (Å²) >= 11 is 0. The fourth-order valence-corrected chi connectivity index (χ4v) is 3.13. The molecule has 3 aromatic carbocycles. The molecule has 0 radical (unpaired) electrons. The molecule has 160 valence electrons. The van der Waals surface area contributed by atoms with E-state index in [-0.39, 0.29) is 19.3 Å². The molecule has 0 spiro atoms. The summed E-state index contributed by atoms with van der Waals surface area (Å²) in [4.78, 5) is 12.2. The van der Waals surface area contributed by atoms with Crippen LogP contribution in [0.25, 0.3) is 0 Å². The molecule has 0 aliphatic carbocycles. The zero-order valence-corrected chi connectivity index (χ0v) is 17.4. The first kappa shape index (κ1) is 20.4. The van der Waals surface area contributed by atoms with Gasteiger partial charge in [0.15, 0.2) is 29.6 Å². The number of carbonyl (C=O) groups excluding carboxylic acids is 1. The maximum atomic E-state index is 12.2. The van der Waals surface area contributed by atoms with Crippen molar-refractivity contribution in [3.63, 3.8) is 0 Å². The molecule has 1 aliphatic heterocycles. The van der Waals surface area contributed by atoms with Crippen LogP contribution < -0.4 is 29.6 Å². The first-order valence-corrected chi connectivity index (χ1v) is 9.90. The number of benzene rings is 3. The molecule has 7 nitrogen and oxygen atoms in total. The molecule has 1 aliphatic rings. The fourth-order valence-electron chi connectivity index (χ4n) is 3.13. The molecule has 1 amide bonds. The molecule has 0 saturated heterocycles. The van der Waals surface area contributed by atoms with Gasteiger partial charge < -0.3 is 29.6 Å². The molecule has 0 bridgehead atoms. The lowest BCUT2D eigenvalue weighted by Gasteiger charge is -2.13. The minimum atomic E-state index is -0.237. The smallest absolute Gasteiger partial charge is 0.262 e. The first-order chi connectivity index (χ1) is 15.1. The zero-order valence-electron chi connectivity index (χ0n) is 17.4. The topological polar surface area (TPSA) is 78.1 Å². The number of rotatable bonds is 8. The van der Waals surface area contributed by atoms with Crippen molar-refractivity contribution in [2.45, 2.75) is 13.5 Å². The number of anilines is 2. The quantitative estimate of drug-likeness (QED) is 0.564. The molecule has 0 unspecified atom stereocenters. The summed E-state index contributed by atoms with van der Waals surface area (Å²) in [6, 6.07) is 18.9. The van der Waals surface area contributed by atoms with Crippen molar-refractivity contribution in [2.75, 3.05) is 31.1 Å². The lowest BCUT2D eigenvalue weighted by molar-refractivity contribution is -0.118. The van der Waals surface area contributed by atoms with E-state index in [0.717, 1.165) is 34.0 Å². The number of nitrogens with one attached hydrogen (secondary N) is 2. The number of ether oxygens (including phenoxy) is 4. The molecular formula is C24H24N2O5. The highest BCUT2D eigenvalue weighted by atomic mass is 16.7. The van der Waals surface area contributed by atoms with Crippen molar-refractivity contribution < 1.29 is 23.7 Å². The van der Waals surface area contributed by atoms with Crippen molar-refractivity contribution in [3.8, 4) is 23.0 Å². The van der Waals surface area contributed by atoms with Gasteiger partial charge in [-0.3, -0.25) is 4.79 Å². The van der Waals surface area contributed by atoms with E-state index in [1.54, 1.807) is 13.2 Å². The number of hydrogen-bond donors (Lipinski definition) is 2. The Labute approximate surface area is 180 Å². The second-order valence-corrected chi connectivity index (χ2v) is 7.11. The summed E-state index contributed by atoms with van der Waals surface area (Å²) in [5.41, 5.74) is 3.80. The van der Waals surface area contributed by atoms with E-state index >= 15 is 0 Å². The highest BCUT2D eigenvalue weighted by Gasteiger charge is 2.13. The summed E-state index contributed by atoms with van der Waals surface area (Å²) in [5.74, 6) is 2.32. The van der Waals surface area contributed by atoms with Crippen molar-refractivity contribution >= 4 is 17.3 Å². The molecule has 1 heterocycles. The summed E-state index contributed by atoms with van der Waals surface area (Å²) in [6.07, 6.45) is 0. The van der Waals surface area contributed by atoms with Crippen LogP contribution in [0.2, 0.25) is 0 Å². The second-order valence-electron chi connectivity index (χ2n) is 7.11. The number of methoxy groups -OCH3 is 1. The molecule has 0 fully saturated rings. The SMILES string of the molecule is COc1cc(CNc2ccc3c(c2)OCO3)ccc1OCC(=O)Nc1ccc(C)cc1. The maximum Gasteiger partial charge on any atom is 0.262 e. The summed E-state index contributed by atoms with van der Waals surface area (Å²) in [5, 5.41) is 6.16. The van der Waals surface area contributed by atoms with Gasteiger partial charge in [-0.15, -0.1) is 0 Å². The zero-order chi connectivity index (χ0) is 21.6. The van der Waals surface area contributed by atoms with E-state index in [1.165, 1.54) is 0 Å². The Hall–Kier alpha value is -3.87. The van der Waals surface area contributed by atoms with Crippen LogP contribution in [0, 0.1) is 6.92 Å². The fraction of sp³-hybridized carbons (Fsp3) is 0.208. The van der Waals surface area contributed by atoms with Crippen LogP contribution in [0.5, 0.6) is 23.0 Å². The average Bonchev–Trinajstić information content (AvgIpc) is 3.26. The molecule has 0 aromatic heterocycles. The van der Waals surface area contributed by atoms with Gasteiger partial charge in [-0.05, 0) is 48.9 Å². The van der Waals surface area contributed by atoms with E-state index in [2.05, 4.69) is 10.6 Å². The third-order valence-electron chi connectivity index (χ3n) is 4.79. The van der Waals surface area contributed by atoms with Crippen molar-refractivity contribution in [1.82, 2.24) is 0 Å². The summed E-state index contributed by atoms with van der Waals surface area (Å²) < 4.78 is 21.8. The maximum absolute atomic E-state index is 12.2. The molecule has 4 rings (SSSR count). The van der Waals surface area contributed by atoms with Crippen LogP contribution in [0.4, 0.5) is 11.4 Å². The van der Waals surface area contributed by atoms with Crippen molar-refractivity contribution in [3.05, 3.63) is 71.8 Å². The Balaban J connectivity index is 1.33. The van der Waals surface area contributed by atoms with Crippen LogP contribution in [-0.2, 0) is 11.3 Å². The second kappa shape index (κ2) is 9.30. The Morgan fingerprint density at radius 2 is 1.71 bits per heavy atom. The van der Waals surface area contributed by atoms with Gasteiger partial charge in [0, 0.05) is 24.0 Å². The highest BCUT2D eigenvalue weighted by Crippen LogP contribution is 2.34. The minimum absolute atomic E-state index is 0.112. The van der Waals surface area contributed by atoms with Crippen LogP contribution in [0.1, 0.15) is 11.1 Å². The molecule has 3 aromatic rings. The van der Waals surface area contributed by atoms with E-state index < -0.39 is 0 Å². The van der Waals surface area contributed by atoms with Gasteiger partial charge in [0.1, 0.15) is 0 Å². The number of hydrogen-bond acceptors (Lipinski definition) is 6. The first-order valence-electron chi connectivity index (χ1n) is 9.90. The lowest BCUT2D eigenvalue weighted by atomic mass is 10.2. The van der Waals surface area contributed by atoms with E-state index in [4.69, 9.17) is 18.9 Å². The predicted molar refractivity (Wildman–Crippen MR) is 118 cm³/mol. The number of fused-ring (bicyclic) bond motifs is 1. The molecule has 31 heavy (non-hydrogen) atoms. The highest BCUT2D eigenvalue weighted by molar-refractivity contribution is 5.91. The van der Waals surface area contributed by atoms with Gasteiger partial charge in [0.25, 0.3) is 5.91 Å². The van der Waals surface area contributed by atoms with Gasteiger partial charge in [-0.2, -0.15) is 0 Å². The molecule has 0 atom stereocenters. The number of carbonyl (C=O) groups is 1. The average molecular weight is 420 g/mol. The van der Waals surface area contributed by atoms with Crippen molar-refractivity contribution in [1.29, 1.82) is 0 Å². The molecule has 0 saturated carbocycles. The normalized spacial score (nSPS) is 11.7. The minimum Gasteiger partial charge on any atom is -0.493 e. The third kappa shape index (κ3) is 5.19. The monoisotopic (exact) mass is 420 g/mol. The van der Waals surface area contributed by atoms with Gasteiger partial charge in [0.05, 0.1) is 7.11 Å². The Morgan fingerprint density at radius 3 is 2.52 bits per heavy atom. The van der Waals surface area contributed by atoms with Crippen LogP contribution >= 0.6 is 0 Å². The molecule has 2 N–H and O–H groups in total. The van der Waals surface area contributed by atoms with Crippen LogP contribution in [0.3, 0.4) is 0 Å². The lowest BCUT2D eigenvalue weighted by Crippen LogP contribution is -2.20. The van der Waals surface area contributed by atoms with Gasteiger partial charge in [-0.25, -0.2) is 0 Å². The Morgan fingerprint density at radius 1 is 0.935 bits per heavy atom. The largest absolute Gasteiger partial charge is 0.493 e. The number of amides is 1. The van der Waals surface area contributed by atoms with Crippen LogP contribution in [-0.4, -0.2) is 26.4 Å². The van der Waals surface area contributed by atoms with Crippen LogP contribution in [0.15, 0.2) is 60.7 Å². The third-order valence-corrected chi connectivity index (χ3v) is 4.79. The van der Waals surface area contributed by atoms with Gasteiger partial charge in [-0.1, -0.05) is 23.8 Å². The van der Waals surface area contributed by atoms with E-state index in [9.17, 15) is 4.79 Å². The standard InChI is InChI=1S/C24H24N2O5/c1-16-3-6-18(7-4-16)26-24(27)14-29-20-9-5-17(11-22(20)28-2)13-25-19-8-10-21-23(12-19)31-15-30-21/h3-12,25H,13-15H2,1-2H3,(H,26,27). The van der Waals surface area contributed by atoms with Gasteiger partial charge >= 0.3 is 0 Å². The van der Waals surface area contributed by atoms with Crippen molar-refractivity contribution in [2.24, 2.45) is 0 Å². The Kier molecular flexibility index (Phi) is 6.12. The number of aryl methyl sites for hydroxylation is 1. The Bertz CT molecular complexity index is 1070. The van der Waals surface area contributed by atoms with Gasteiger partial charge in [0.2, 0.25) is 6.79 Å². The van der Waals surface area contributed by atoms with E-state index in [0.29, 0.717) is 18.0 Å². The van der Waals surface area contributed by atoms with E-state index in [1.807, 2.05) is 61.5 Å². The molecule has 7 heteroatoms. The summed E-state index contributed by atoms with van der Waals surface area (Å²) in [7, 11) is 1.57. The summed E-state index contributed by atoms with van der Waals surface area (Å²) in [6.45, 7) is 2.72. The predicted octanol–water partition coefficient (Wildman–Crippen LogP) is 4.36. The molecular weight excluding hydrogens is 396 g/mol.